The number of halogens is 1. The molecule has 1 heterocycles. The van der Waals surface area contributed by atoms with Gasteiger partial charge < -0.3 is 11.1 Å². The van der Waals surface area contributed by atoms with Crippen molar-refractivity contribution in [1.29, 1.82) is 0 Å². The van der Waals surface area contributed by atoms with Gasteiger partial charge in [0.25, 0.3) is 0 Å². The van der Waals surface area contributed by atoms with Crippen LogP contribution in [0.1, 0.15) is 25.7 Å². The number of carbonyl (C=O) groups is 1. The number of hydrogen-bond donors (Lipinski definition) is 2. The first kappa shape index (κ1) is 16.7. The van der Waals surface area contributed by atoms with E-state index in [4.69, 9.17) is 5.73 Å². The van der Waals surface area contributed by atoms with E-state index in [1.807, 2.05) is 0 Å². The Hall–Kier alpha value is -0.370. The summed E-state index contributed by atoms with van der Waals surface area (Å²) in [4.78, 5) is 11.8. The van der Waals surface area contributed by atoms with E-state index < -0.39 is 10.0 Å². The van der Waals surface area contributed by atoms with Gasteiger partial charge in [0, 0.05) is 12.6 Å². The van der Waals surface area contributed by atoms with Crippen LogP contribution in [0.3, 0.4) is 0 Å². The summed E-state index contributed by atoms with van der Waals surface area (Å²) >= 11 is 0. The molecule has 1 saturated carbocycles. The fourth-order valence-corrected chi connectivity index (χ4v) is 4.26. The van der Waals surface area contributed by atoms with Gasteiger partial charge in [-0.05, 0) is 31.7 Å². The highest BCUT2D eigenvalue weighted by atomic mass is 35.5. The quantitative estimate of drug-likeness (QED) is 0.745. The molecule has 1 saturated heterocycles. The predicted molar refractivity (Wildman–Crippen MR) is 75.6 cm³/mol. The van der Waals surface area contributed by atoms with Gasteiger partial charge in [-0.2, -0.15) is 4.31 Å². The molecule has 0 aromatic heterocycles. The largest absolute Gasteiger partial charge is 0.352 e. The van der Waals surface area contributed by atoms with Gasteiger partial charge in [-0.25, -0.2) is 8.42 Å². The minimum atomic E-state index is -3.19. The average molecular weight is 312 g/mol. The number of nitrogens with two attached hydrogens (primary N) is 1. The van der Waals surface area contributed by atoms with Crippen LogP contribution in [0.5, 0.6) is 0 Å². The third kappa shape index (κ3) is 4.05. The normalized spacial score (nSPS) is 29.9. The molecule has 2 aliphatic rings. The molecule has 2 unspecified atom stereocenters. The van der Waals surface area contributed by atoms with Crippen molar-refractivity contribution in [3.05, 3.63) is 0 Å². The highest BCUT2D eigenvalue weighted by Crippen LogP contribution is 2.24. The van der Waals surface area contributed by atoms with E-state index >= 15 is 0 Å². The van der Waals surface area contributed by atoms with Crippen LogP contribution in [0.15, 0.2) is 0 Å². The van der Waals surface area contributed by atoms with E-state index in [9.17, 15) is 13.2 Å². The van der Waals surface area contributed by atoms with Crippen molar-refractivity contribution in [2.75, 3.05) is 25.4 Å². The summed E-state index contributed by atoms with van der Waals surface area (Å²) in [6.45, 7) is 0.990. The number of sulfonamides is 1. The maximum absolute atomic E-state index is 11.8. The van der Waals surface area contributed by atoms with Crippen LogP contribution in [0.25, 0.3) is 0 Å². The van der Waals surface area contributed by atoms with Crippen molar-refractivity contribution < 1.29 is 13.2 Å². The Bertz CT molecular complexity index is 415. The highest BCUT2D eigenvalue weighted by molar-refractivity contribution is 7.89. The summed E-state index contributed by atoms with van der Waals surface area (Å²) in [5.74, 6) is 0.296. The third-order valence-electron chi connectivity index (χ3n) is 3.83. The van der Waals surface area contributed by atoms with Crippen LogP contribution in [0.4, 0.5) is 0 Å². The first-order valence-electron chi connectivity index (χ1n) is 6.50. The smallest absolute Gasteiger partial charge is 0.235 e. The molecule has 2 fully saturated rings. The van der Waals surface area contributed by atoms with Crippen molar-refractivity contribution in [2.24, 2.45) is 11.7 Å². The number of nitrogens with zero attached hydrogens (tertiary/aromatic N) is 1. The van der Waals surface area contributed by atoms with Gasteiger partial charge in [0.1, 0.15) is 0 Å². The van der Waals surface area contributed by atoms with E-state index in [0.717, 1.165) is 19.3 Å². The summed E-state index contributed by atoms with van der Waals surface area (Å²) in [5, 5.41) is 2.92. The molecule has 1 aliphatic carbocycles. The molecule has 2 atom stereocenters. The van der Waals surface area contributed by atoms with Crippen LogP contribution in [-0.4, -0.2) is 50.1 Å². The standard InChI is InChI=1S/C11H21N3O3S.ClH/c12-7-9-3-1-4-10(9)13-11(15)8-14-5-2-6-18(14,16)17;/h9-10H,1-8,12H2,(H,13,15);1H. The van der Waals surface area contributed by atoms with Crippen molar-refractivity contribution in [3.8, 4) is 0 Å². The molecule has 1 aliphatic heterocycles. The molecule has 1 amide bonds. The molecule has 0 radical (unpaired) electrons. The lowest BCUT2D eigenvalue weighted by molar-refractivity contribution is -0.122. The summed E-state index contributed by atoms with van der Waals surface area (Å²) in [7, 11) is -3.19. The Balaban J connectivity index is 0.00000180. The zero-order valence-electron chi connectivity index (χ0n) is 10.9. The zero-order chi connectivity index (χ0) is 13.2. The van der Waals surface area contributed by atoms with Crippen molar-refractivity contribution in [3.63, 3.8) is 0 Å². The number of rotatable bonds is 4. The van der Waals surface area contributed by atoms with Crippen molar-refractivity contribution in [1.82, 2.24) is 9.62 Å². The first-order chi connectivity index (χ1) is 8.53. The van der Waals surface area contributed by atoms with E-state index in [1.165, 1.54) is 4.31 Å². The minimum Gasteiger partial charge on any atom is -0.352 e. The van der Waals surface area contributed by atoms with E-state index in [2.05, 4.69) is 5.32 Å². The molecule has 8 heteroatoms. The Morgan fingerprint density at radius 1 is 1.32 bits per heavy atom. The van der Waals surface area contributed by atoms with Crippen LogP contribution in [-0.2, 0) is 14.8 Å². The van der Waals surface area contributed by atoms with Gasteiger partial charge in [-0.15, -0.1) is 12.4 Å². The van der Waals surface area contributed by atoms with Gasteiger partial charge in [0.05, 0.1) is 12.3 Å². The molecule has 0 aromatic rings. The number of amides is 1. The predicted octanol–water partition coefficient (Wildman–Crippen LogP) is -0.313. The molecule has 3 N–H and O–H groups in total. The zero-order valence-corrected chi connectivity index (χ0v) is 12.5. The van der Waals surface area contributed by atoms with Gasteiger partial charge >= 0.3 is 0 Å². The third-order valence-corrected chi connectivity index (χ3v) is 5.73. The van der Waals surface area contributed by atoms with Gasteiger partial charge in [-0.1, -0.05) is 6.42 Å². The summed E-state index contributed by atoms with van der Waals surface area (Å²) in [6.07, 6.45) is 3.68. The van der Waals surface area contributed by atoms with Crippen molar-refractivity contribution >= 4 is 28.3 Å². The van der Waals surface area contributed by atoms with Crippen LogP contribution in [0.2, 0.25) is 0 Å². The second kappa shape index (κ2) is 6.88. The average Bonchev–Trinajstić information content (AvgIpc) is 2.86. The molecule has 0 aromatic carbocycles. The number of hydrogen-bond acceptors (Lipinski definition) is 4. The Morgan fingerprint density at radius 3 is 2.63 bits per heavy atom. The maximum atomic E-state index is 11.8. The Kier molecular flexibility index (Phi) is 6.04. The lowest BCUT2D eigenvalue weighted by Gasteiger charge is -2.21. The molecule has 6 nitrogen and oxygen atoms in total. The number of nitrogens with one attached hydrogen (secondary N) is 1. The number of carbonyl (C=O) groups excluding carboxylic acids is 1. The van der Waals surface area contributed by atoms with Crippen molar-refractivity contribution in [2.45, 2.75) is 31.7 Å². The second-order valence-electron chi connectivity index (χ2n) is 5.10. The topological polar surface area (TPSA) is 92.5 Å². The lowest BCUT2D eigenvalue weighted by Crippen LogP contribution is -2.45. The fourth-order valence-electron chi connectivity index (χ4n) is 2.79. The van der Waals surface area contributed by atoms with Gasteiger partial charge in [-0.3, -0.25) is 4.79 Å². The fraction of sp³-hybridized carbons (Fsp3) is 0.909. The molecule has 2 rings (SSSR count). The summed E-state index contributed by atoms with van der Waals surface area (Å²) < 4.78 is 24.4. The molecule has 0 bridgehead atoms. The van der Waals surface area contributed by atoms with Gasteiger partial charge in [0.15, 0.2) is 0 Å². The first-order valence-corrected chi connectivity index (χ1v) is 8.11. The Morgan fingerprint density at radius 2 is 2.05 bits per heavy atom. The molecule has 0 spiro atoms. The van der Waals surface area contributed by atoms with E-state index in [0.29, 0.717) is 25.4 Å². The second-order valence-corrected chi connectivity index (χ2v) is 7.19. The van der Waals surface area contributed by atoms with E-state index in [1.54, 1.807) is 0 Å². The summed E-state index contributed by atoms with van der Waals surface area (Å²) in [6, 6.07) is 0.118. The van der Waals surface area contributed by atoms with Crippen LogP contribution in [0, 0.1) is 5.92 Å². The van der Waals surface area contributed by atoms with Crippen LogP contribution < -0.4 is 11.1 Å². The molecular weight excluding hydrogens is 290 g/mol. The SMILES string of the molecule is Cl.NCC1CCCC1NC(=O)CN1CCCS1(=O)=O. The minimum absolute atomic E-state index is 0. The highest BCUT2D eigenvalue weighted by Gasteiger charge is 2.32. The van der Waals surface area contributed by atoms with Gasteiger partial charge in [0.2, 0.25) is 15.9 Å². The van der Waals surface area contributed by atoms with E-state index in [-0.39, 0.29) is 36.7 Å². The molecule has 112 valence electrons. The Labute approximate surface area is 120 Å². The molecule has 19 heavy (non-hydrogen) atoms. The lowest BCUT2D eigenvalue weighted by atomic mass is 10.0. The monoisotopic (exact) mass is 311 g/mol. The maximum Gasteiger partial charge on any atom is 0.235 e. The van der Waals surface area contributed by atoms with Crippen LogP contribution >= 0.6 is 12.4 Å². The summed E-state index contributed by atoms with van der Waals surface area (Å²) in [5.41, 5.74) is 5.65. The molecular formula is C11H22ClN3O3S.